The van der Waals surface area contributed by atoms with E-state index in [2.05, 4.69) is 10.0 Å². The second-order valence-electron chi connectivity index (χ2n) is 10.1. The van der Waals surface area contributed by atoms with E-state index < -0.39 is 16.1 Å². The van der Waals surface area contributed by atoms with Crippen LogP contribution in [0.2, 0.25) is 0 Å². The highest BCUT2D eigenvalue weighted by atomic mass is 32.2. The molecule has 1 atom stereocenters. The van der Waals surface area contributed by atoms with Crippen LogP contribution in [0.5, 0.6) is 0 Å². The summed E-state index contributed by atoms with van der Waals surface area (Å²) in [5.74, 6) is -0.962. The van der Waals surface area contributed by atoms with Gasteiger partial charge in [0.05, 0.1) is 4.90 Å². The number of hydrogen-bond donors (Lipinski definition) is 2. The van der Waals surface area contributed by atoms with Crippen LogP contribution >= 0.6 is 0 Å². The molecule has 0 spiro atoms. The highest BCUT2D eigenvalue weighted by Crippen LogP contribution is 2.25. The molecule has 0 aliphatic carbocycles. The van der Waals surface area contributed by atoms with Gasteiger partial charge < -0.3 is 10.2 Å². The molecule has 43 heavy (non-hydrogen) atoms. The van der Waals surface area contributed by atoms with Crippen molar-refractivity contribution >= 4 is 21.8 Å². The third-order valence-corrected chi connectivity index (χ3v) is 8.57. The van der Waals surface area contributed by atoms with Crippen LogP contribution in [0.25, 0.3) is 0 Å². The summed E-state index contributed by atoms with van der Waals surface area (Å²) in [5, 5.41) is 3.01. The molecule has 0 radical (unpaired) electrons. The van der Waals surface area contributed by atoms with Gasteiger partial charge in [-0.15, -0.1) is 0 Å². The Bertz CT molecular complexity index is 1580. The van der Waals surface area contributed by atoms with Crippen LogP contribution in [0.1, 0.15) is 41.6 Å². The van der Waals surface area contributed by atoms with E-state index in [1.807, 2.05) is 60.7 Å². The predicted octanol–water partition coefficient (Wildman–Crippen LogP) is 5.19. The lowest BCUT2D eigenvalue weighted by atomic mass is 10.0. The molecule has 4 aromatic carbocycles. The molecular formula is C34H36FN3O4S. The van der Waals surface area contributed by atoms with Crippen molar-refractivity contribution in [2.75, 3.05) is 13.1 Å². The van der Waals surface area contributed by atoms with Gasteiger partial charge in [-0.05, 0) is 59.4 Å². The van der Waals surface area contributed by atoms with Gasteiger partial charge in [0.25, 0.3) is 0 Å². The summed E-state index contributed by atoms with van der Waals surface area (Å²) >= 11 is 0. The molecule has 0 aromatic heterocycles. The minimum atomic E-state index is -3.58. The van der Waals surface area contributed by atoms with Crippen LogP contribution in [0, 0.1) is 5.82 Å². The summed E-state index contributed by atoms with van der Waals surface area (Å²) in [6.07, 6.45) is 1.07. The maximum Gasteiger partial charge on any atom is 0.247 e. The Kier molecular flexibility index (Phi) is 11.2. The number of hydrogen-bond acceptors (Lipinski definition) is 4. The molecule has 9 heteroatoms. The maximum absolute atomic E-state index is 13.9. The zero-order chi connectivity index (χ0) is 30.7. The highest BCUT2D eigenvalue weighted by molar-refractivity contribution is 7.89. The Morgan fingerprint density at radius 1 is 0.767 bits per heavy atom. The number of halogens is 1. The average molecular weight is 602 g/mol. The lowest BCUT2D eigenvalue weighted by molar-refractivity contribution is -0.141. The van der Waals surface area contributed by atoms with Crippen LogP contribution in [0.15, 0.2) is 114 Å². The summed E-state index contributed by atoms with van der Waals surface area (Å²) < 4.78 is 40.7. The molecule has 7 nitrogen and oxygen atoms in total. The number of amides is 2. The van der Waals surface area contributed by atoms with Crippen molar-refractivity contribution in [1.82, 2.24) is 14.9 Å². The molecular weight excluding hydrogens is 565 g/mol. The fourth-order valence-electron chi connectivity index (χ4n) is 4.79. The SMILES string of the molecule is CCNS(=O)(=O)c1ccc(CCC(=O)N(Cc2ccc(F)cc2)[C@@H](C(=O)NCCc2ccccc2)c2ccccc2)cc1. The fourth-order valence-corrected chi connectivity index (χ4v) is 5.83. The van der Waals surface area contributed by atoms with Crippen LogP contribution in [-0.2, 0) is 39.0 Å². The van der Waals surface area contributed by atoms with E-state index >= 15 is 0 Å². The largest absolute Gasteiger partial charge is 0.354 e. The molecule has 224 valence electrons. The molecule has 0 unspecified atom stereocenters. The molecule has 2 amide bonds. The molecule has 0 aliphatic rings. The quantitative estimate of drug-likeness (QED) is 0.208. The highest BCUT2D eigenvalue weighted by Gasteiger charge is 2.31. The number of benzene rings is 4. The van der Waals surface area contributed by atoms with Gasteiger partial charge in [-0.2, -0.15) is 0 Å². The van der Waals surface area contributed by atoms with Crippen LogP contribution in [0.3, 0.4) is 0 Å². The van der Waals surface area contributed by atoms with Gasteiger partial charge in [0.1, 0.15) is 11.9 Å². The molecule has 4 aromatic rings. The summed E-state index contributed by atoms with van der Waals surface area (Å²) in [7, 11) is -3.58. The van der Waals surface area contributed by atoms with Crippen LogP contribution in [-0.4, -0.2) is 38.2 Å². The van der Waals surface area contributed by atoms with Crippen molar-refractivity contribution in [3.05, 3.63) is 137 Å². The molecule has 0 heterocycles. The van der Waals surface area contributed by atoms with Crippen molar-refractivity contribution in [3.8, 4) is 0 Å². The van der Waals surface area contributed by atoms with E-state index in [1.54, 1.807) is 31.2 Å². The third kappa shape index (κ3) is 9.07. The summed E-state index contributed by atoms with van der Waals surface area (Å²) in [6, 6.07) is 30.3. The zero-order valence-electron chi connectivity index (χ0n) is 24.1. The number of nitrogens with zero attached hydrogens (tertiary/aromatic N) is 1. The minimum absolute atomic E-state index is 0.0845. The summed E-state index contributed by atoms with van der Waals surface area (Å²) in [4.78, 5) is 29.3. The Hall–Kier alpha value is -4.34. The second-order valence-corrected chi connectivity index (χ2v) is 11.9. The smallest absolute Gasteiger partial charge is 0.247 e. The van der Waals surface area contributed by atoms with Gasteiger partial charge in [0.2, 0.25) is 21.8 Å². The molecule has 0 saturated heterocycles. The van der Waals surface area contributed by atoms with Gasteiger partial charge in [-0.3, -0.25) is 9.59 Å². The first-order valence-electron chi connectivity index (χ1n) is 14.3. The number of carbonyl (C=O) groups excluding carboxylic acids is 2. The number of sulfonamides is 1. The van der Waals surface area contributed by atoms with Crippen molar-refractivity contribution < 1.29 is 22.4 Å². The summed E-state index contributed by atoms with van der Waals surface area (Å²) in [5.41, 5.74) is 3.22. The molecule has 0 fully saturated rings. The first-order chi connectivity index (χ1) is 20.8. The van der Waals surface area contributed by atoms with E-state index in [-0.39, 0.29) is 42.0 Å². The Balaban J connectivity index is 1.56. The Morgan fingerprint density at radius 2 is 1.35 bits per heavy atom. The van der Waals surface area contributed by atoms with E-state index in [9.17, 15) is 22.4 Å². The van der Waals surface area contributed by atoms with Gasteiger partial charge in [0, 0.05) is 26.1 Å². The summed E-state index contributed by atoms with van der Waals surface area (Å²) in [6.45, 7) is 2.49. The van der Waals surface area contributed by atoms with E-state index in [0.29, 0.717) is 30.5 Å². The van der Waals surface area contributed by atoms with E-state index in [1.165, 1.54) is 29.2 Å². The lowest BCUT2D eigenvalue weighted by Gasteiger charge is -2.32. The zero-order valence-corrected chi connectivity index (χ0v) is 24.9. The van der Waals surface area contributed by atoms with Gasteiger partial charge in [-0.25, -0.2) is 17.5 Å². The first-order valence-corrected chi connectivity index (χ1v) is 15.7. The average Bonchev–Trinajstić information content (AvgIpc) is 3.02. The van der Waals surface area contributed by atoms with Crippen LogP contribution in [0.4, 0.5) is 4.39 Å². The topological polar surface area (TPSA) is 95.6 Å². The molecule has 2 N–H and O–H groups in total. The maximum atomic E-state index is 13.9. The van der Waals surface area contributed by atoms with Crippen LogP contribution < -0.4 is 10.0 Å². The van der Waals surface area contributed by atoms with Gasteiger partial charge >= 0.3 is 0 Å². The second kappa shape index (κ2) is 15.2. The standard InChI is InChI=1S/C34H36FN3O4S/c1-2-37-43(41,42)31-20-15-27(16-21-31)17-22-32(39)38(25-28-13-18-30(35)19-14-28)33(29-11-7-4-8-12-29)34(40)36-24-23-26-9-5-3-6-10-26/h3-16,18-21,33,37H,2,17,22-25H2,1H3,(H,36,40)/t33-/m1/s1. The number of rotatable bonds is 14. The molecule has 0 bridgehead atoms. The number of carbonyl (C=O) groups is 2. The Labute approximate surface area is 252 Å². The van der Waals surface area contributed by atoms with Gasteiger partial charge in [-0.1, -0.05) is 91.9 Å². The van der Waals surface area contributed by atoms with Gasteiger partial charge in [0.15, 0.2) is 0 Å². The monoisotopic (exact) mass is 601 g/mol. The predicted molar refractivity (Wildman–Crippen MR) is 165 cm³/mol. The van der Waals surface area contributed by atoms with E-state index in [0.717, 1.165) is 11.1 Å². The fraction of sp³-hybridized carbons (Fsp3) is 0.235. The molecule has 0 aliphatic heterocycles. The van der Waals surface area contributed by atoms with Crippen molar-refractivity contribution in [2.24, 2.45) is 0 Å². The number of nitrogens with one attached hydrogen (secondary N) is 2. The minimum Gasteiger partial charge on any atom is -0.354 e. The lowest BCUT2D eigenvalue weighted by Crippen LogP contribution is -2.44. The van der Waals surface area contributed by atoms with Crippen molar-refractivity contribution in [3.63, 3.8) is 0 Å². The molecule has 0 saturated carbocycles. The Morgan fingerprint density at radius 3 is 1.98 bits per heavy atom. The van der Waals surface area contributed by atoms with Crippen molar-refractivity contribution in [1.29, 1.82) is 0 Å². The normalized spacial score (nSPS) is 12.0. The third-order valence-electron chi connectivity index (χ3n) is 7.01. The number of aryl methyl sites for hydroxylation is 1. The van der Waals surface area contributed by atoms with E-state index in [4.69, 9.17) is 0 Å². The molecule has 4 rings (SSSR count). The van der Waals surface area contributed by atoms with Crippen molar-refractivity contribution in [2.45, 2.75) is 43.7 Å². The first kappa shape index (κ1) is 31.6.